The third-order valence-electron chi connectivity index (χ3n) is 4.40. The van der Waals surface area contributed by atoms with E-state index in [-0.39, 0.29) is 29.8 Å². The molecule has 0 unspecified atom stereocenters. The Bertz CT molecular complexity index is 801. The first-order valence-electron chi connectivity index (χ1n) is 9.67. The summed E-state index contributed by atoms with van der Waals surface area (Å²) in [5, 5.41) is 6.55. The SMILES string of the molecule is CCNC(=NCCc1ccc(OC)c(OC)c1OC)NCCc1ccc(F)cc1.I. The molecule has 0 atom stereocenters. The molecule has 0 radical (unpaired) electrons. The van der Waals surface area contributed by atoms with Crippen LogP contribution in [0.15, 0.2) is 41.4 Å². The van der Waals surface area contributed by atoms with E-state index in [0.29, 0.717) is 36.8 Å². The molecular formula is C22H31FIN3O3. The highest BCUT2D eigenvalue weighted by Gasteiger charge is 2.15. The van der Waals surface area contributed by atoms with Crippen LogP contribution in [-0.2, 0) is 12.8 Å². The molecular weight excluding hydrogens is 500 g/mol. The molecule has 166 valence electrons. The van der Waals surface area contributed by atoms with Crippen LogP contribution >= 0.6 is 24.0 Å². The van der Waals surface area contributed by atoms with Gasteiger partial charge in [0.05, 0.1) is 21.3 Å². The summed E-state index contributed by atoms with van der Waals surface area (Å²) < 4.78 is 29.3. The van der Waals surface area contributed by atoms with Crippen molar-refractivity contribution in [2.75, 3.05) is 41.0 Å². The van der Waals surface area contributed by atoms with E-state index in [1.165, 1.54) is 12.1 Å². The standard InChI is InChI=1S/C22H30FN3O3.HI/c1-5-24-22(25-14-12-16-6-9-18(23)10-7-16)26-15-13-17-8-11-19(27-2)21(29-4)20(17)28-3;/h6-11H,5,12-15H2,1-4H3,(H2,24,25,26);1H. The maximum absolute atomic E-state index is 13.0. The summed E-state index contributed by atoms with van der Waals surface area (Å²) >= 11 is 0. The summed E-state index contributed by atoms with van der Waals surface area (Å²) in [5.41, 5.74) is 2.07. The molecule has 0 fully saturated rings. The second kappa shape index (κ2) is 13.9. The molecule has 0 aliphatic heterocycles. The molecule has 2 N–H and O–H groups in total. The number of aliphatic imine (C=N–C) groups is 1. The lowest BCUT2D eigenvalue weighted by atomic mass is 10.1. The average Bonchev–Trinajstić information content (AvgIpc) is 2.74. The van der Waals surface area contributed by atoms with E-state index in [1.54, 1.807) is 33.5 Å². The normalized spacial score (nSPS) is 10.8. The quantitative estimate of drug-likeness (QED) is 0.278. The highest BCUT2D eigenvalue weighted by Crippen LogP contribution is 2.39. The minimum absolute atomic E-state index is 0. The van der Waals surface area contributed by atoms with Gasteiger partial charge in [-0.15, -0.1) is 24.0 Å². The van der Waals surface area contributed by atoms with Crippen LogP contribution in [0.25, 0.3) is 0 Å². The molecule has 2 rings (SSSR count). The van der Waals surface area contributed by atoms with Crippen LogP contribution in [0.4, 0.5) is 4.39 Å². The van der Waals surface area contributed by atoms with Crippen LogP contribution in [0.5, 0.6) is 17.2 Å². The van der Waals surface area contributed by atoms with Crippen LogP contribution in [0.2, 0.25) is 0 Å². The van der Waals surface area contributed by atoms with E-state index < -0.39 is 0 Å². The van der Waals surface area contributed by atoms with Crippen LogP contribution in [-0.4, -0.2) is 46.9 Å². The predicted octanol–water partition coefficient (Wildman–Crippen LogP) is 3.81. The van der Waals surface area contributed by atoms with Gasteiger partial charge in [0.1, 0.15) is 5.82 Å². The van der Waals surface area contributed by atoms with Crippen LogP contribution in [0, 0.1) is 5.82 Å². The molecule has 2 aromatic rings. The van der Waals surface area contributed by atoms with Gasteiger partial charge in [0.25, 0.3) is 0 Å². The van der Waals surface area contributed by atoms with Gasteiger partial charge in [-0.05, 0) is 43.5 Å². The van der Waals surface area contributed by atoms with Gasteiger partial charge in [0, 0.05) is 25.2 Å². The first-order valence-corrected chi connectivity index (χ1v) is 9.67. The summed E-state index contributed by atoms with van der Waals surface area (Å²) in [6.45, 7) is 4.07. The minimum atomic E-state index is -0.220. The van der Waals surface area contributed by atoms with Crippen molar-refractivity contribution < 1.29 is 18.6 Å². The monoisotopic (exact) mass is 531 g/mol. The first kappa shape index (κ1) is 25.8. The van der Waals surface area contributed by atoms with Crippen molar-refractivity contribution in [3.63, 3.8) is 0 Å². The number of hydrogen-bond donors (Lipinski definition) is 2. The zero-order valence-electron chi connectivity index (χ0n) is 18.0. The van der Waals surface area contributed by atoms with E-state index >= 15 is 0 Å². The lowest BCUT2D eigenvalue weighted by Crippen LogP contribution is -2.38. The van der Waals surface area contributed by atoms with Gasteiger partial charge in [0.2, 0.25) is 5.75 Å². The smallest absolute Gasteiger partial charge is 0.203 e. The van der Waals surface area contributed by atoms with E-state index in [9.17, 15) is 4.39 Å². The Hall–Kier alpha value is -2.23. The molecule has 2 aromatic carbocycles. The summed E-state index contributed by atoms with van der Waals surface area (Å²) in [5.74, 6) is 2.40. The van der Waals surface area contributed by atoms with Crippen molar-refractivity contribution in [3.8, 4) is 17.2 Å². The third kappa shape index (κ3) is 7.55. The molecule has 0 aliphatic rings. The predicted molar refractivity (Wildman–Crippen MR) is 129 cm³/mol. The topological polar surface area (TPSA) is 64.1 Å². The van der Waals surface area contributed by atoms with Crippen LogP contribution < -0.4 is 24.8 Å². The van der Waals surface area contributed by atoms with Crippen molar-refractivity contribution >= 4 is 29.9 Å². The van der Waals surface area contributed by atoms with Gasteiger partial charge in [-0.1, -0.05) is 18.2 Å². The number of nitrogens with one attached hydrogen (secondary N) is 2. The molecule has 0 saturated heterocycles. The Morgan fingerprint density at radius 2 is 1.60 bits per heavy atom. The molecule has 6 nitrogen and oxygen atoms in total. The highest BCUT2D eigenvalue weighted by molar-refractivity contribution is 14.0. The van der Waals surface area contributed by atoms with Gasteiger partial charge in [0.15, 0.2) is 17.5 Å². The molecule has 8 heteroatoms. The highest BCUT2D eigenvalue weighted by atomic mass is 127. The Kier molecular flexibility index (Phi) is 12.0. The maximum atomic E-state index is 13.0. The van der Waals surface area contributed by atoms with Gasteiger partial charge in [-0.25, -0.2) is 4.39 Å². The Labute approximate surface area is 195 Å². The van der Waals surface area contributed by atoms with Gasteiger partial charge >= 0.3 is 0 Å². The van der Waals surface area contributed by atoms with Gasteiger partial charge < -0.3 is 24.8 Å². The average molecular weight is 531 g/mol. The van der Waals surface area contributed by atoms with E-state index in [0.717, 1.165) is 30.1 Å². The molecule has 0 bridgehead atoms. The number of nitrogens with zero attached hydrogens (tertiary/aromatic N) is 1. The maximum Gasteiger partial charge on any atom is 0.203 e. The molecule has 30 heavy (non-hydrogen) atoms. The van der Waals surface area contributed by atoms with E-state index in [1.807, 2.05) is 19.1 Å². The number of methoxy groups -OCH3 is 3. The molecule has 0 heterocycles. The summed E-state index contributed by atoms with van der Waals surface area (Å²) in [6.07, 6.45) is 1.48. The lowest BCUT2D eigenvalue weighted by molar-refractivity contribution is 0.322. The fourth-order valence-electron chi connectivity index (χ4n) is 2.97. The molecule has 0 aromatic heterocycles. The molecule has 0 aliphatic carbocycles. The van der Waals surface area contributed by atoms with Gasteiger partial charge in [-0.3, -0.25) is 4.99 Å². The number of halogens is 2. The molecule has 0 spiro atoms. The first-order chi connectivity index (χ1) is 14.1. The summed E-state index contributed by atoms with van der Waals surface area (Å²) in [4.78, 5) is 4.63. The van der Waals surface area contributed by atoms with E-state index in [4.69, 9.17) is 14.2 Å². The fraction of sp³-hybridized carbons (Fsp3) is 0.409. The van der Waals surface area contributed by atoms with Crippen molar-refractivity contribution in [3.05, 3.63) is 53.3 Å². The lowest BCUT2D eigenvalue weighted by Gasteiger charge is -2.15. The Morgan fingerprint density at radius 1 is 0.900 bits per heavy atom. The summed E-state index contributed by atoms with van der Waals surface area (Å²) in [6, 6.07) is 10.4. The van der Waals surface area contributed by atoms with Gasteiger partial charge in [-0.2, -0.15) is 0 Å². The molecule has 0 amide bonds. The number of guanidine groups is 1. The zero-order valence-corrected chi connectivity index (χ0v) is 20.3. The third-order valence-corrected chi connectivity index (χ3v) is 4.40. The number of rotatable bonds is 10. The second-order valence-corrected chi connectivity index (χ2v) is 6.31. The number of benzene rings is 2. The fourth-order valence-corrected chi connectivity index (χ4v) is 2.97. The van der Waals surface area contributed by atoms with Crippen molar-refractivity contribution in [1.29, 1.82) is 0 Å². The largest absolute Gasteiger partial charge is 0.493 e. The van der Waals surface area contributed by atoms with Crippen molar-refractivity contribution in [1.82, 2.24) is 10.6 Å². The van der Waals surface area contributed by atoms with Crippen molar-refractivity contribution in [2.24, 2.45) is 4.99 Å². The number of ether oxygens (including phenoxy) is 3. The Morgan fingerprint density at radius 3 is 2.20 bits per heavy atom. The second-order valence-electron chi connectivity index (χ2n) is 6.31. The van der Waals surface area contributed by atoms with E-state index in [2.05, 4.69) is 15.6 Å². The van der Waals surface area contributed by atoms with Crippen molar-refractivity contribution in [2.45, 2.75) is 19.8 Å². The van der Waals surface area contributed by atoms with Crippen LogP contribution in [0.1, 0.15) is 18.1 Å². The summed E-state index contributed by atoms with van der Waals surface area (Å²) in [7, 11) is 4.81. The zero-order chi connectivity index (χ0) is 21.1. The molecule has 0 saturated carbocycles. The minimum Gasteiger partial charge on any atom is -0.493 e. The number of hydrogen-bond acceptors (Lipinski definition) is 4. The Balaban J connectivity index is 0.00000450. The van der Waals surface area contributed by atoms with Crippen LogP contribution in [0.3, 0.4) is 0 Å².